The monoisotopic (exact) mass is 376 g/mol. The fourth-order valence-corrected chi connectivity index (χ4v) is 4.10. The Morgan fingerprint density at radius 3 is 2.50 bits per heavy atom. The van der Waals surface area contributed by atoms with Gasteiger partial charge in [-0.15, -0.1) is 0 Å². The first-order valence-corrected chi connectivity index (χ1v) is 8.96. The summed E-state index contributed by atoms with van der Waals surface area (Å²) in [5.74, 6) is -0.106. The molecule has 1 aliphatic rings. The van der Waals surface area contributed by atoms with Crippen LogP contribution in [0.25, 0.3) is 0 Å². The van der Waals surface area contributed by atoms with E-state index < -0.39 is 9.84 Å². The van der Waals surface area contributed by atoms with Crippen LogP contribution in [0.1, 0.15) is 16.8 Å². The molecule has 1 aliphatic heterocycles. The molecule has 0 radical (unpaired) electrons. The standard InChI is InChI=1S/C12H13BrN2O3S2/c13-9-3-1-8(2-4-9)11(16)15-12(19)14-10-5-6-20(17,18)7-10/h1-4,10H,5-7H2,(H2,14,15,16,19). The van der Waals surface area contributed by atoms with Gasteiger partial charge in [0.05, 0.1) is 11.5 Å². The maximum Gasteiger partial charge on any atom is 0.257 e. The van der Waals surface area contributed by atoms with Crippen LogP contribution >= 0.6 is 28.1 Å². The Labute approximate surface area is 131 Å². The van der Waals surface area contributed by atoms with E-state index in [1.165, 1.54) is 0 Å². The molecule has 2 rings (SSSR count). The van der Waals surface area contributed by atoms with Crippen LogP contribution in [0.3, 0.4) is 0 Å². The van der Waals surface area contributed by atoms with E-state index in [4.69, 9.17) is 12.2 Å². The topological polar surface area (TPSA) is 75.3 Å². The summed E-state index contributed by atoms with van der Waals surface area (Å²) in [6.45, 7) is 0. The molecule has 20 heavy (non-hydrogen) atoms. The van der Waals surface area contributed by atoms with E-state index in [1.807, 2.05) is 0 Å². The molecular weight excluding hydrogens is 364 g/mol. The quantitative estimate of drug-likeness (QED) is 0.759. The Bertz CT molecular complexity index is 629. The number of halogens is 1. The second-order valence-corrected chi connectivity index (χ2v) is 8.09. The number of rotatable bonds is 2. The number of carbonyl (C=O) groups is 1. The summed E-state index contributed by atoms with van der Waals surface area (Å²) >= 11 is 8.31. The van der Waals surface area contributed by atoms with E-state index in [2.05, 4.69) is 26.6 Å². The zero-order valence-electron chi connectivity index (χ0n) is 10.4. The summed E-state index contributed by atoms with van der Waals surface area (Å²) < 4.78 is 23.5. The average molecular weight is 377 g/mol. The molecule has 1 unspecified atom stereocenters. The molecule has 8 heteroatoms. The highest BCUT2D eigenvalue weighted by Gasteiger charge is 2.28. The number of carbonyl (C=O) groups excluding carboxylic acids is 1. The minimum atomic E-state index is -2.97. The lowest BCUT2D eigenvalue weighted by atomic mass is 10.2. The maximum absolute atomic E-state index is 11.9. The zero-order valence-corrected chi connectivity index (χ0v) is 13.6. The van der Waals surface area contributed by atoms with Crippen molar-refractivity contribution in [3.63, 3.8) is 0 Å². The molecule has 1 fully saturated rings. The lowest BCUT2D eigenvalue weighted by molar-refractivity contribution is 0.0976. The van der Waals surface area contributed by atoms with E-state index >= 15 is 0 Å². The molecule has 1 amide bonds. The summed E-state index contributed by atoms with van der Waals surface area (Å²) in [5.41, 5.74) is 0.483. The molecular formula is C12H13BrN2O3S2. The van der Waals surface area contributed by atoms with E-state index in [1.54, 1.807) is 24.3 Å². The second-order valence-electron chi connectivity index (χ2n) is 4.53. The Kier molecular flexibility index (Phi) is 4.77. The Morgan fingerprint density at radius 1 is 1.30 bits per heavy atom. The van der Waals surface area contributed by atoms with Crippen LogP contribution in [0.5, 0.6) is 0 Å². The molecule has 1 saturated heterocycles. The number of hydrogen-bond donors (Lipinski definition) is 2. The van der Waals surface area contributed by atoms with E-state index in [0.717, 1.165) is 4.47 Å². The van der Waals surface area contributed by atoms with Gasteiger partial charge in [-0.25, -0.2) is 8.42 Å². The van der Waals surface area contributed by atoms with Crippen molar-refractivity contribution >= 4 is 49.0 Å². The molecule has 5 nitrogen and oxygen atoms in total. The molecule has 0 aromatic heterocycles. The van der Waals surface area contributed by atoms with Gasteiger partial charge in [0, 0.05) is 16.1 Å². The van der Waals surface area contributed by atoms with Crippen LogP contribution in [-0.4, -0.2) is 37.0 Å². The number of amides is 1. The largest absolute Gasteiger partial charge is 0.359 e. The van der Waals surface area contributed by atoms with Crippen molar-refractivity contribution in [2.24, 2.45) is 0 Å². The van der Waals surface area contributed by atoms with Crippen molar-refractivity contribution in [3.05, 3.63) is 34.3 Å². The minimum absolute atomic E-state index is 0.0568. The van der Waals surface area contributed by atoms with E-state index in [9.17, 15) is 13.2 Å². The van der Waals surface area contributed by atoms with Crippen molar-refractivity contribution in [3.8, 4) is 0 Å². The van der Waals surface area contributed by atoms with Crippen molar-refractivity contribution in [2.45, 2.75) is 12.5 Å². The summed E-state index contributed by atoms with van der Waals surface area (Å²) in [4.78, 5) is 11.9. The number of hydrogen-bond acceptors (Lipinski definition) is 4. The van der Waals surface area contributed by atoms with Gasteiger partial charge < -0.3 is 5.32 Å². The zero-order chi connectivity index (χ0) is 14.8. The highest BCUT2D eigenvalue weighted by Crippen LogP contribution is 2.12. The van der Waals surface area contributed by atoms with Gasteiger partial charge in [0.1, 0.15) is 0 Å². The number of thiocarbonyl (C=S) groups is 1. The molecule has 0 bridgehead atoms. The number of benzene rings is 1. The van der Waals surface area contributed by atoms with Gasteiger partial charge in [-0.2, -0.15) is 0 Å². The van der Waals surface area contributed by atoms with Gasteiger partial charge >= 0.3 is 0 Å². The van der Waals surface area contributed by atoms with Crippen LogP contribution < -0.4 is 10.6 Å². The first-order chi connectivity index (χ1) is 9.35. The molecule has 1 heterocycles. The predicted molar refractivity (Wildman–Crippen MR) is 84.4 cm³/mol. The van der Waals surface area contributed by atoms with Gasteiger partial charge in [-0.1, -0.05) is 15.9 Å². The fourth-order valence-electron chi connectivity index (χ4n) is 1.91. The predicted octanol–water partition coefficient (Wildman–Crippen LogP) is 1.24. The molecule has 0 spiro atoms. The van der Waals surface area contributed by atoms with Crippen LogP contribution in [-0.2, 0) is 9.84 Å². The van der Waals surface area contributed by atoms with Gasteiger partial charge in [0.15, 0.2) is 14.9 Å². The lowest BCUT2D eigenvalue weighted by Crippen LogP contribution is -2.44. The average Bonchev–Trinajstić information content (AvgIpc) is 2.69. The van der Waals surface area contributed by atoms with Gasteiger partial charge in [-0.05, 0) is 42.9 Å². The summed E-state index contributed by atoms with van der Waals surface area (Å²) in [7, 11) is -2.97. The van der Waals surface area contributed by atoms with Crippen molar-refractivity contribution in [1.29, 1.82) is 0 Å². The number of sulfone groups is 1. The van der Waals surface area contributed by atoms with Crippen LogP contribution in [0.15, 0.2) is 28.7 Å². The molecule has 0 saturated carbocycles. The third-order valence-electron chi connectivity index (χ3n) is 2.90. The van der Waals surface area contributed by atoms with Gasteiger partial charge in [-0.3, -0.25) is 10.1 Å². The highest BCUT2D eigenvalue weighted by molar-refractivity contribution is 9.10. The van der Waals surface area contributed by atoms with Crippen LogP contribution in [0.4, 0.5) is 0 Å². The Morgan fingerprint density at radius 2 is 1.95 bits per heavy atom. The minimum Gasteiger partial charge on any atom is -0.359 e. The van der Waals surface area contributed by atoms with Crippen molar-refractivity contribution in [2.75, 3.05) is 11.5 Å². The molecule has 1 atom stereocenters. The summed E-state index contributed by atoms with van der Waals surface area (Å²) in [6.07, 6.45) is 0.511. The highest BCUT2D eigenvalue weighted by atomic mass is 79.9. The van der Waals surface area contributed by atoms with Gasteiger partial charge in [0.25, 0.3) is 5.91 Å². The summed E-state index contributed by atoms with van der Waals surface area (Å²) in [5, 5.41) is 5.55. The third kappa shape index (κ3) is 4.26. The smallest absolute Gasteiger partial charge is 0.257 e. The Hall–Kier alpha value is -0.990. The SMILES string of the molecule is O=C(NC(=S)NC1CCS(=O)(=O)C1)c1ccc(Br)cc1. The molecule has 1 aromatic carbocycles. The summed E-state index contributed by atoms with van der Waals surface area (Å²) in [6, 6.07) is 6.63. The number of nitrogens with one attached hydrogen (secondary N) is 2. The Balaban J connectivity index is 1.88. The first kappa shape index (κ1) is 15.4. The van der Waals surface area contributed by atoms with Crippen LogP contribution in [0.2, 0.25) is 0 Å². The fraction of sp³-hybridized carbons (Fsp3) is 0.333. The third-order valence-corrected chi connectivity index (χ3v) is 5.42. The molecule has 0 aliphatic carbocycles. The second kappa shape index (κ2) is 6.19. The maximum atomic E-state index is 11.9. The molecule has 1 aromatic rings. The van der Waals surface area contributed by atoms with Crippen LogP contribution in [0, 0.1) is 0 Å². The van der Waals surface area contributed by atoms with Crippen molar-refractivity contribution < 1.29 is 13.2 Å². The van der Waals surface area contributed by atoms with E-state index in [0.29, 0.717) is 12.0 Å². The lowest BCUT2D eigenvalue weighted by Gasteiger charge is -2.14. The molecule has 2 N–H and O–H groups in total. The van der Waals surface area contributed by atoms with Gasteiger partial charge in [0.2, 0.25) is 0 Å². The molecule has 108 valence electrons. The van der Waals surface area contributed by atoms with E-state index in [-0.39, 0.29) is 28.6 Å². The van der Waals surface area contributed by atoms with Crippen molar-refractivity contribution in [1.82, 2.24) is 10.6 Å². The normalized spacial score (nSPS) is 20.4. The first-order valence-electron chi connectivity index (χ1n) is 5.93.